The second-order valence-corrected chi connectivity index (χ2v) is 7.59. The van der Waals surface area contributed by atoms with Gasteiger partial charge in [0.1, 0.15) is 6.17 Å². The van der Waals surface area contributed by atoms with Gasteiger partial charge in [0.15, 0.2) is 11.5 Å². The maximum atomic E-state index is 12.3. The molecule has 6 nitrogen and oxygen atoms in total. The fraction of sp³-hybridized carbons (Fsp3) is 0.667. The van der Waals surface area contributed by atoms with Crippen LogP contribution in [-0.4, -0.2) is 25.5 Å². The lowest BCUT2D eigenvalue weighted by molar-refractivity contribution is -0.124. The summed E-state index contributed by atoms with van der Waals surface area (Å²) in [6.45, 7) is 6.91. The van der Waals surface area contributed by atoms with Gasteiger partial charge in [-0.25, -0.2) is 0 Å². The van der Waals surface area contributed by atoms with Crippen LogP contribution in [0.25, 0.3) is 0 Å². The summed E-state index contributed by atoms with van der Waals surface area (Å²) in [6.07, 6.45) is 8.34. The predicted molar refractivity (Wildman–Crippen MR) is 121 cm³/mol. The van der Waals surface area contributed by atoms with E-state index >= 15 is 0 Å². The van der Waals surface area contributed by atoms with Gasteiger partial charge in [0.2, 0.25) is 11.8 Å². The number of carbonyl (C=O) groups is 2. The minimum absolute atomic E-state index is 0.0761. The highest BCUT2D eigenvalue weighted by atomic mass is 16.5. The summed E-state index contributed by atoms with van der Waals surface area (Å²) in [5.41, 5.74) is 0.764. The highest BCUT2D eigenvalue weighted by molar-refractivity contribution is 5.79. The number of hydrogen-bond donors (Lipinski definition) is 2. The lowest BCUT2D eigenvalue weighted by atomic mass is 10.1. The summed E-state index contributed by atoms with van der Waals surface area (Å²) >= 11 is 0. The molecule has 0 spiro atoms. The van der Waals surface area contributed by atoms with Crippen LogP contribution in [0.2, 0.25) is 0 Å². The number of amides is 2. The summed E-state index contributed by atoms with van der Waals surface area (Å²) in [5, 5.41) is 5.89. The first-order chi connectivity index (χ1) is 14.5. The predicted octanol–water partition coefficient (Wildman–Crippen LogP) is 5.27. The fourth-order valence-electron chi connectivity index (χ4n) is 3.04. The number of hydrogen-bond acceptors (Lipinski definition) is 4. The zero-order valence-corrected chi connectivity index (χ0v) is 19.2. The van der Waals surface area contributed by atoms with E-state index in [1.54, 1.807) is 7.11 Å². The molecule has 0 fully saturated rings. The van der Waals surface area contributed by atoms with Crippen LogP contribution in [-0.2, 0) is 9.59 Å². The minimum Gasteiger partial charge on any atom is -0.493 e. The molecule has 0 aliphatic rings. The fourth-order valence-corrected chi connectivity index (χ4v) is 3.04. The average molecular weight is 421 g/mol. The molecule has 6 heteroatoms. The van der Waals surface area contributed by atoms with Crippen LogP contribution in [0.3, 0.4) is 0 Å². The Bertz CT molecular complexity index is 612. The van der Waals surface area contributed by atoms with E-state index in [4.69, 9.17) is 9.47 Å². The van der Waals surface area contributed by atoms with Crippen LogP contribution in [0.4, 0.5) is 0 Å². The Labute approximate surface area is 182 Å². The van der Waals surface area contributed by atoms with Crippen LogP contribution in [0, 0.1) is 0 Å². The number of rotatable bonds is 16. The molecular formula is C24H40N2O4. The van der Waals surface area contributed by atoms with Crippen LogP contribution in [0.1, 0.15) is 96.7 Å². The summed E-state index contributed by atoms with van der Waals surface area (Å²) in [6, 6.07) is 5.54. The Morgan fingerprint density at radius 2 is 1.43 bits per heavy atom. The molecule has 1 aromatic rings. The molecule has 2 N–H and O–H groups in total. The van der Waals surface area contributed by atoms with Gasteiger partial charge in [-0.3, -0.25) is 9.59 Å². The van der Waals surface area contributed by atoms with Crippen molar-refractivity contribution >= 4 is 11.8 Å². The van der Waals surface area contributed by atoms with Gasteiger partial charge in [-0.1, -0.05) is 58.9 Å². The van der Waals surface area contributed by atoms with E-state index < -0.39 is 6.17 Å². The first-order valence-corrected chi connectivity index (χ1v) is 11.4. The highest BCUT2D eigenvalue weighted by Crippen LogP contribution is 2.30. The van der Waals surface area contributed by atoms with E-state index in [0.717, 1.165) is 44.1 Å². The number of carbonyl (C=O) groups excluding carboxylic acids is 2. The van der Waals surface area contributed by atoms with Crippen LogP contribution < -0.4 is 20.1 Å². The zero-order valence-electron chi connectivity index (χ0n) is 19.2. The van der Waals surface area contributed by atoms with Crippen molar-refractivity contribution < 1.29 is 19.1 Å². The average Bonchev–Trinajstić information content (AvgIpc) is 2.75. The number of ether oxygens (including phenoxy) is 2. The molecule has 0 radical (unpaired) electrons. The first kappa shape index (κ1) is 25.8. The summed E-state index contributed by atoms with van der Waals surface area (Å²) in [7, 11) is 1.59. The Balaban J connectivity index is 2.89. The molecule has 0 bridgehead atoms. The highest BCUT2D eigenvalue weighted by Gasteiger charge is 2.19. The third kappa shape index (κ3) is 9.99. The van der Waals surface area contributed by atoms with E-state index in [1.807, 2.05) is 32.0 Å². The topological polar surface area (TPSA) is 76.7 Å². The van der Waals surface area contributed by atoms with Crippen LogP contribution >= 0.6 is 0 Å². The number of unbranched alkanes of at least 4 members (excludes halogenated alkanes) is 5. The maximum Gasteiger partial charge on any atom is 0.221 e. The van der Waals surface area contributed by atoms with Gasteiger partial charge in [-0.05, 0) is 37.0 Å². The Morgan fingerprint density at radius 1 is 0.833 bits per heavy atom. The van der Waals surface area contributed by atoms with Crippen LogP contribution in [0.15, 0.2) is 18.2 Å². The molecule has 0 atom stereocenters. The number of nitrogens with one attached hydrogen (secondary N) is 2. The Morgan fingerprint density at radius 3 is 1.97 bits per heavy atom. The molecule has 0 saturated carbocycles. The molecule has 0 unspecified atom stereocenters. The van der Waals surface area contributed by atoms with E-state index in [1.165, 1.54) is 12.8 Å². The van der Waals surface area contributed by atoms with E-state index in [9.17, 15) is 9.59 Å². The van der Waals surface area contributed by atoms with Gasteiger partial charge in [-0.2, -0.15) is 0 Å². The largest absolute Gasteiger partial charge is 0.493 e. The molecule has 0 aliphatic heterocycles. The summed E-state index contributed by atoms with van der Waals surface area (Å²) < 4.78 is 11.4. The molecule has 0 aromatic heterocycles. The van der Waals surface area contributed by atoms with Crippen molar-refractivity contribution in [2.24, 2.45) is 0 Å². The Kier molecular flexibility index (Phi) is 13.4. The van der Waals surface area contributed by atoms with Crippen molar-refractivity contribution in [2.45, 2.75) is 91.1 Å². The quantitative estimate of drug-likeness (QED) is 0.282. The van der Waals surface area contributed by atoms with E-state index in [2.05, 4.69) is 17.6 Å². The smallest absolute Gasteiger partial charge is 0.221 e. The molecule has 0 aliphatic carbocycles. The second-order valence-electron chi connectivity index (χ2n) is 7.59. The number of benzene rings is 1. The molecule has 2 amide bonds. The minimum atomic E-state index is -0.591. The Hall–Kier alpha value is -2.24. The zero-order chi connectivity index (χ0) is 22.2. The molecule has 1 rings (SSSR count). The standard InChI is InChI=1S/C24H40N2O4/c1-5-8-11-12-17-30-20-16-15-19(18-21(20)29-4)24(25-22(27)13-9-6-2)26-23(28)14-10-7-3/h15-16,18,24H,5-14,17H2,1-4H3,(H,25,27)(H,26,28). The first-order valence-electron chi connectivity index (χ1n) is 11.4. The number of methoxy groups -OCH3 is 1. The van der Waals surface area contributed by atoms with Gasteiger partial charge < -0.3 is 20.1 Å². The van der Waals surface area contributed by atoms with Gasteiger partial charge in [0.05, 0.1) is 13.7 Å². The molecule has 170 valence electrons. The summed E-state index contributed by atoms with van der Waals surface area (Å²) in [5.74, 6) is 1.12. The second kappa shape index (κ2) is 15.6. The third-order valence-corrected chi connectivity index (χ3v) is 4.90. The molecule has 1 aromatic carbocycles. The van der Waals surface area contributed by atoms with Gasteiger partial charge in [0, 0.05) is 12.8 Å². The maximum absolute atomic E-state index is 12.3. The van der Waals surface area contributed by atoms with Crippen molar-refractivity contribution in [3.05, 3.63) is 23.8 Å². The van der Waals surface area contributed by atoms with E-state index in [0.29, 0.717) is 30.9 Å². The van der Waals surface area contributed by atoms with E-state index in [-0.39, 0.29) is 11.8 Å². The van der Waals surface area contributed by atoms with Gasteiger partial charge in [-0.15, -0.1) is 0 Å². The summed E-state index contributed by atoms with van der Waals surface area (Å²) in [4.78, 5) is 24.6. The lowest BCUT2D eigenvalue weighted by Crippen LogP contribution is -2.41. The van der Waals surface area contributed by atoms with Gasteiger partial charge >= 0.3 is 0 Å². The third-order valence-electron chi connectivity index (χ3n) is 4.90. The normalized spacial score (nSPS) is 10.7. The lowest BCUT2D eigenvalue weighted by Gasteiger charge is -2.22. The SMILES string of the molecule is CCCCCCOc1ccc(C(NC(=O)CCCC)NC(=O)CCCC)cc1OC. The van der Waals surface area contributed by atoms with Crippen molar-refractivity contribution in [3.8, 4) is 11.5 Å². The van der Waals surface area contributed by atoms with Crippen LogP contribution in [0.5, 0.6) is 11.5 Å². The van der Waals surface area contributed by atoms with Gasteiger partial charge in [0.25, 0.3) is 0 Å². The molecule has 30 heavy (non-hydrogen) atoms. The molecule has 0 heterocycles. The molecular weight excluding hydrogens is 380 g/mol. The van der Waals surface area contributed by atoms with Crippen molar-refractivity contribution in [1.82, 2.24) is 10.6 Å². The monoisotopic (exact) mass is 420 g/mol. The van der Waals surface area contributed by atoms with Crippen molar-refractivity contribution in [3.63, 3.8) is 0 Å². The van der Waals surface area contributed by atoms with Crippen molar-refractivity contribution in [2.75, 3.05) is 13.7 Å². The van der Waals surface area contributed by atoms with Crippen molar-refractivity contribution in [1.29, 1.82) is 0 Å². The molecule has 0 saturated heterocycles.